The van der Waals surface area contributed by atoms with Crippen LogP contribution in [0.1, 0.15) is 31.9 Å². The van der Waals surface area contributed by atoms with Gasteiger partial charge in [-0.3, -0.25) is 14.9 Å². The number of carbonyl (C=O) groups is 1. The van der Waals surface area contributed by atoms with Crippen LogP contribution < -0.4 is 5.32 Å². The molecule has 0 aliphatic heterocycles. The summed E-state index contributed by atoms with van der Waals surface area (Å²) in [6, 6.07) is 4.53. The van der Waals surface area contributed by atoms with Crippen molar-refractivity contribution in [3.05, 3.63) is 60.8 Å². The molecular weight excluding hydrogens is 288 g/mol. The monoisotopic (exact) mass is 304 g/mol. The predicted molar refractivity (Wildman–Crippen MR) is 82.8 cm³/mol. The minimum Gasteiger partial charge on any atom is -0.348 e. The lowest BCUT2D eigenvalue weighted by atomic mass is 10.1. The van der Waals surface area contributed by atoms with Crippen LogP contribution in [0.2, 0.25) is 0 Å². The van der Waals surface area contributed by atoms with Crippen LogP contribution in [0.15, 0.2) is 23.6 Å². The maximum Gasteiger partial charge on any atom is 0.273 e. The Morgan fingerprint density at radius 2 is 2.00 bits per heavy atom. The van der Waals surface area contributed by atoms with Gasteiger partial charge in [0.2, 0.25) is 0 Å². The van der Waals surface area contributed by atoms with Crippen LogP contribution in [0.25, 0.3) is 0 Å². The number of hydrogen-bond acceptors (Lipinski definition) is 4. The van der Waals surface area contributed by atoms with Crippen LogP contribution in [-0.4, -0.2) is 10.8 Å². The van der Waals surface area contributed by atoms with Crippen LogP contribution in [0.5, 0.6) is 0 Å². The number of nitrogens with one attached hydrogen (secondary N) is 1. The second kappa shape index (κ2) is 6.05. The largest absolute Gasteiger partial charge is 0.348 e. The van der Waals surface area contributed by atoms with E-state index in [1.807, 2.05) is 19.2 Å². The van der Waals surface area contributed by atoms with Gasteiger partial charge in [-0.1, -0.05) is 6.07 Å². The SMILES string of the molecule is Cc1scc(CNC(=O)c2cccc([N+](=O)[O-])c2C)c1C. The summed E-state index contributed by atoms with van der Waals surface area (Å²) < 4.78 is 0. The summed E-state index contributed by atoms with van der Waals surface area (Å²) in [5, 5.41) is 15.7. The first-order valence-corrected chi connectivity index (χ1v) is 7.35. The Balaban J connectivity index is 2.16. The second-order valence-corrected chi connectivity index (χ2v) is 5.92. The summed E-state index contributed by atoms with van der Waals surface area (Å²) >= 11 is 1.65. The quantitative estimate of drug-likeness (QED) is 0.694. The molecule has 110 valence electrons. The molecule has 0 aliphatic carbocycles. The van der Waals surface area contributed by atoms with Gasteiger partial charge in [-0.15, -0.1) is 11.3 Å². The highest BCUT2D eigenvalue weighted by atomic mass is 32.1. The van der Waals surface area contributed by atoms with Crippen LogP contribution in [0, 0.1) is 30.9 Å². The minimum absolute atomic E-state index is 0.0368. The summed E-state index contributed by atoms with van der Waals surface area (Å²) in [5.74, 6) is -0.292. The van der Waals surface area contributed by atoms with Crippen LogP contribution in [0.4, 0.5) is 5.69 Å². The van der Waals surface area contributed by atoms with Crippen molar-refractivity contribution in [3.8, 4) is 0 Å². The minimum atomic E-state index is -0.474. The molecule has 0 fully saturated rings. The average molecular weight is 304 g/mol. The van der Waals surface area contributed by atoms with Crippen molar-refractivity contribution in [1.29, 1.82) is 0 Å². The maximum atomic E-state index is 12.2. The summed E-state index contributed by atoms with van der Waals surface area (Å²) in [5.41, 5.74) is 2.95. The van der Waals surface area contributed by atoms with Crippen molar-refractivity contribution in [2.24, 2.45) is 0 Å². The van der Waals surface area contributed by atoms with Gasteiger partial charge in [0.25, 0.3) is 11.6 Å². The van der Waals surface area contributed by atoms with Crippen molar-refractivity contribution < 1.29 is 9.72 Å². The molecule has 1 N–H and O–H groups in total. The average Bonchev–Trinajstić information content (AvgIpc) is 2.76. The highest BCUT2D eigenvalue weighted by Crippen LogP contribution is 2.22. The molecular formula is C15H16N2O3S. The van der Waals surface area contributed by atoms with Gasteiger partial charge in [-0.05, 0) is 43.3 Å². The number of hydrogen-bond donors (Lipinski definition) is 1. The third-order valence-electron chi connectivity index (χ3n) is 3.57. The number of rotatable bonds is 4. The first kappa shape index (κ1) is 15.2. The van der Waals surface area contributed by atoms with Gasteiger partial charge < -0.3 is 5.32 Å². The number of aryl methyl sites for hydroxylation is 1. The van der Waals surface area contributed by atoms with Crippen molar-refractivity contribution in [1.82, 2.24) is 5.32 Å². The molecule has 0 unspecified atom stereocenters. The number of benzene rings is 1. The van der Waals surface area contributed by atoms with Crippen molar-refractivity contribution in [3.63, 3.8) is 0 Å². The van der Waals surface area contributed by atoms with E-state index in [1.54, 1.807) is 24.3 Å². The molecule has 0 spiro atoms. The topological polar surface area (TPSA) is 72.2 Å². The van der Waals surface area contributed by atoms with Crippen molar-refractivity contribution in [2.45, 2.75) is 27.3 Å². The zero-order valence-corrected chi connectivity index (χ0v) is 12.9. The normalized spacial score (nSPS) is 10.4. The Kier molecular flexibility index (Phi) is 4.37. The summed E-state index contributed by atoms with van der Waals surface area (Å²) in [6.45, 7) is 6.08. The Bertz CT molecular complexity index is 707. The highest BCUT2D eigenvalue weighted by Gasteiger charge is 2.18. The third-order valence-corrected chi connectivity index (χ3v) is 4.64. The summed E-state index contributed by atoms with van der Waals surface area (Å²) in [6.07, 6.45) is 0. The van der Waals surface area contributed by atoms with E-state index in [0.717, 1.165) is 5.56 Å². The molecule has 21 heavy (non-hydrogen) atoms. The number of amides is 1. The van der Waals surface area contributed by atoms with Gasteiger partial charge in [0.05, 0.1) is 4.92 Å². The molecule has 0 bridgehead atoms. The van der Waals surface area contributed by atoms with Crippen molar-refractivity contribution >= 4 is 22.9 Å². The van der Waals surface area contributed by atoms with Crippen molar-refractivity contribution in [2.75, 3.05) is 0 Å². The molecule has 0 saturated carbocycles. The fraction of sp³-hybridized carbons (Fsp3) is 0.267. The maximum absolute atomic E-state index is 12.2. The fourth-order valence-electron chi connectivity index (χ4n) is 2.07. The molecule has 2 aromatic rings. The highest BCUT2D eigenvalue weighted by molar-refractivity contribution is 7.10. The molecule has 1 amide bonds. The smallest absolute Gasteiger partial charge is 0.273 e. The summed E-state index contributed by atoms with van der Waals surface area (Å²) in [4.78, 5) is 23.9. The molecule has 0 atom stereocenters. The molecule has 1 heterocycles. The Hall–Kier alpha value is -2.21. The summed E-state index contributed by atoms with van der Waals surface area (Å²) in [7, 11) is 0. The van der Waals surface area contributed by atoms with E-state index in [0.29, 0.717) is 17.7 Å². The van der Waals surface area contributed by atoms with Gasteiger partial charge >= 0.3 is 0 Å². The van der Waals surface area contributed by atoms with E-state index in [9.17, 15) is 14.9 Å². The second-order valence-electron chi connectivity index (χ2n) is 4.83. The first-order chi connectivity index (χ1) is 9.91. The fourth-order valence-corrected chi connectivity index (χ4v) is 2.96. The third kappa shape index (κ3) is 3.11. The predicted octanol–water partition coefficient (Wildman–Crippen LogP) is 3.51. The molecule has 0 radical (unpaired) electrons. The lowest BCUT2D eigenvalue weighted by molar-refractivity contribution is -0.385. The molecule has 1 aromatic heterocycles. The molecule has 0 saturated heterocycles. The molecule has 0 aliphatic rings. The number of nitrogens with zero attached hydrogens (tertiary/aromatic N) is 1. The van der Waals surface area contributed by atoms with E-state index in [2.05, 4.69) is 5.32 Å². The van der Waals surface area contributed by atoms with E-state index in [4.69, 9.17) is 0 Å². The van der Waals surface area contributed by atoms with Gasteiger partial charge in [-0.2, -0.15) is 0 Å². The lowest BCUT2D eigenvalue weighted by Gasteiger charge is -2.08. The van der Waals surface area contributed by atoms with Gasteiger partial charge in [0, 0.05) is 28.6 Å². The van der Waals surface area contributed by atoms with Crippen LogP contribution in [0.3, 0.4) is 0 Å². The molecule has 2 rings (SSSR count). The Labute approximate surface area is 126 Å². The number of nitro groups is 1. The zero-order valence-electron chi connectivity index (χ0n) is 12.1. The Morgan fingerprint density at radius 1 is 1.29 bits per heavy atom. The molecule has 5 nitrogen and oxygen atoms in total. The van der Waals surface area contributed by atoms with Gasteiger partial charge in [-0.25, -0.2) is 0 Å². The first-order valence-electron chi connectivity index (χ1n) is 6.47. The standard InChI is InChI=1S/C15H16N2O3S/c1-9-11(3)21-8-12(9)7-16-15(18)13-5-4-6-14(10(13)2)17(19)20/h4-6,8H,7H2,1-3H3,(H,16,18). The van der Waals surface area contributed by atoms with Gasteiger partial charge in [0.15, 0.2) is 0 Å². The number of nitro benzene ring substituents is 1. The van der Waals surface area contributed by atoms with Gasteiger partial charge in [0.1, 0.15) is 0 Å². The van der Waals surface area contributed by atoms with E-state index < -0.39 is 4.92 Å². The van der Waals surface area contributed by atoms with E-state index in [-0.39, 0.29) is 11.6 Å². The van der Waals surface area contributed by atoms with Crippen LogP contribution in [-0.2, 0) is 6.54 Å². The lowest BCUT2D eigenvalue weighted by Crippen LogP contribution is -2.24. The number of thiophene rings is 1. The van der Waals surface area contributed by atoms with E-state index >= 15 is 0 Å². The number of carbonyl (C=O) groups excluding carboxylic acids is 1. The zero-order chi connectivity index (χ0) is 15.6. The molecule has 6 heteroatoms. The molecule has 1 aromatic carbocycles. The van der Waals surface area contributed by atoms with Crippen LogP contribution >= 0.6 is 11.3 Å². The Morgan fingerprint density at radius 3 is 2.57 bits per heavy atom. The van der Waals surface area contributed by atoms with E-state index in [1.165, 1.54) is 22.6 Å².